The number of hydrogen-bond donors (Lipinski definition) is 0. The molecule has 0 spiro atoms. The molecular formula is C31H29F3N2O2S. The Morgan fingerprint density at radius 3 is 2.18 bits per heavy atom. The topological polar surface area (TPSA) is 52.0 Å². The van der Waals surface area contributed by atoms with Crippen LogP contribution in [0.2, 0.25) is 0 Å². The number of alkyl halides is 3. The monoisotopic (exact) mass is 550 g/mol. The van der Waals surface area contributed by atoms with Crippen LogP contribution < -0.4 is 5.56 Å². The smallest absolute Gasteiger partial charge is 0.294 e. The lowest BCUT2D eigenvalue weighted by Crippen LogP contribution is -2.35. The zero-order chi connectivity index (χ0) is 28.1. The van der Waals surface area contributed by atoms with Crippen LogP contribution in [-0.2, 0) is 25.4 Å². The van der Waals surface area contributed by atoms with E-state index in [4.69, 9.17) is 0 Å². The van der Waals surface area contributed by atoms with Crippen molar-refractivity contribution in [3.8, 4) is 27.5 Å². The zero-order valence-electron chi connectivity index (χ0n) is 22.3. The Morgan fingerprint density at radius 1 is 0.949 bits per heavy atom. The molecule has 0 fully saturated rings. The van der Waals surface area contributed by atoms with Gasteiger partial charge in [0, 0.05) is 28.6 Å². The third kappa shape index (κ3) is 4.98. The Hall–Kier alpha value is -3.52. The van der Waals surface area contributed by atoms with Gasteiger partial charge in [-0.15, -0.1) is 11.3 Å². The molecule has 0 amide bonds. The Balaban J connectivity index is 1.72. The number of thiazole rings is 1. The van der Waals surface area contributed by atoms with Crippen LogP contribution in [0.15, 0.2) is 58.7 Å². The molecule has 1 aliphatic carbocycles. The summed E-state index contributed by atoms with van der Waals surface area (Å²) in [6.07, 6.45) is -2.02. The minimum absolute atomic E-state index is 0.0113. The molecule has 2 heterocycles. The number of halogens is 3. The normalized spacial score (nSPS) is 14.9. The summed E-state index contributed by atoms with van der Waals surface area (Å²) in [4.78, 5) is 32.3. The number of Topliss-reactive ketones (excluding diaryl/α,β-unsaturated/α-hetero) is 1. The van der Waals surface area contributed by atoms with Gasteiger partial charge in [0.1, 0.15) is 5.01 Å². The van der Waals surface area contributed by atoms with Crippen molar-refractivity contribution in [2.75, 3.05) is 0 Å². The molecule has 0 saturated carbocycles. The minimum Gasteiger partial charge on any atom is -0.294 e. The van der Waals surface area contributed by atoms with Gasteiger partial charge in [0.2, 0.25) is 0 Å². The van der Waals surface area contributed by atoms with Gasteiger partial charge >= 0.3 is 6.18 Å². The van der Waals surface area contributed by atoms with Crippen LogP contribution in [0.3, 0.4) is 0 Å². The fourth-order valence-electron chi connectivity index (χ4n) is 5.37. The molecule has 0 radical (unpaired) electrons. The van der Waals surface area contributed by atoms with E-state index < -0.39 is 11.7 Å². The van der Waals surface area contributed by atoms with Gasteiger partial charge in [-0.05, 0) is 54.0 Å². The Bertz CT molecular complexity index is 1610. The highest BCUT2D eigenvalue weighted by Gasteiger charge is 2.35. The van der Waals surface area contributed by atoms with Crippen molar-refractivity contribution in [2.45, 2.75) is 59.6 Å². The maximum atomic E-state index is 14.3. The number of rotatable bonds is 5. The van der Waals surface area contributed by atoms with Crippen LogP contribution in [0.5, 0.6) is 0 Å². The number of para-hydroxylation sites is 1. The second-order valence-electron chi connectivity index (χ2n) is 10.7. The molecule has 4 nitrogen and oxygen atoms in total. The molecule has 5 rings (SSSR count). The summed E-state index contributed by atoms with van der Waals surface area (Å²) in [7, 11) is 0. The van der Waals surface area contributed by atoms with Crippen LogP contribution >= 0.6 is 11.3 Å². The van der Waals surface area contributed by atoms with E-state index >= 15 is 0 Å². The third-order valence-electron chi connectivity index (χ3n) is 7.32. The molecule has 0 N–H and O–H groups in total. The molecule has 4 aromatic rings. The number of aromatic nitrogens is 2. The van der Waals surface area contributed by atoms with Crippen LogP contribution in [0, 0.1) is 5.41 Å². The number of fused-ring (bicyclic) bond motifs is 1. The predicted molar refractivity (Wildman–Crippen MR) is 149 cm³/mol. The number of hydrogen-bond acceptors (Lipinski definition) is 4. The lowest BCUT2D eigenvalue weighted by molar-refractivity contribution is -0.137. The number of ketones is 1. The van der Waals surface area contributed by atoms with E-state index in [1.54, 1.807) is 16.0 Å². The molecular weight excluding hydrogens is 521 g/mol. The van der Waals surface area contributed by atoms with Crippen molar-refractivity contribution in [1.29, 1.82) is 0 Å². The van der Waals surface area contributed by atoms with E-state index in [1.807, 2.05) is 45.9 Å². The van der Waals surface area contributed by atoms with E-state index in [-0.39, 0.29) is 16.8 Å². The summed E-state index contributed by atoms with van der Waals surface area (Å²) in [5.74, 6) is -0.0113. The van der Waals surface area contributed by atoms with Crippen molar-refractivity contribution < 1.29 is 18.0 Å². The van der Waals surface area contributed by atoms with Gasteiger partial charge in [0.25, 0.3) is 5.56 Å². The highest BCUT2D eigenvalue weighted by Crippen LogP contribution is 2.38. The molecule has 0 unspecified atom stereocenters. The summed E-state index contributed by atoms with van der Waals surface area (Å²) < 4.78 is 40.8. The van der Waals surface area contributed by atoms with E-state index in [2.05, 4.69) is 4.98 Å². The largest absolute Gasteiger partial charge is 0.416 e. The van der Waals surface area contributed by atoms with Gasteiger partial charge in [0.15, 0.2) is 5.78 Å². The van der Waals surface area contributed by atoms with Gasteiger partial charge < -0.3 is 0 Å². The van der Waals surface area contributed by atoms with Gasteiger partial charge in [-0.25, -0.2) is 4.98 Å². The zero-order valence-corrected chi connectivity index (χ0v) is 23.1. The molecule has 0 aliphatic heterocycles. The standard InChI is InChI=1S/C31H29F3N2O2S/c1-5-18-8-7-9-19(6-2)27(18)36-25-15-30(3,4)16-26(37)22(25)14-23(29(36)38)28-35-24(17-39-28)20-10-12-21(13-11-20)31(32,33)34/h7-14,17H,5-6,15-16H2,1-4H3. The third-order valence-corrected chi connectivity index (χ3v) is 8.20. The number of aryl methyl sites for hydroxylation is 2. The summed E-state index contributed by atoms with van der Waals surface area (Å²) in [6, 6.07) is 12.5. The Labute approximate surface area is 229 Å². The first-order valence-electron chi connectivity index (χ1n) is 13.0. The highest BCUT2D eigenvalue weighted by atomic mass is 32.1. The fourth-order valence-corrected chi connectivity index (χ4v) is 6.20. The van der Waals surface area contributed by atoms with Gasteiger partial charge in [-0.2, -0.15) is 13.2 Å². The average Bonchev–Trinajstić information content (AvgIpc) is 3.37. The van der Waals surface area contributed by atoms with Gasteiger partial charge in [-0.1, -0.05) is 58.0 Å². The highest BCUT2D eigenvalue weighted by molar-refractivity contribution is 7.13. The minimum atomic E-state index is -4.42. The molecule has 8 heteroatoms. The molecule has 202 valence electrons. The molecule has 39 heavy (non-hydrogen) atoms. The summed E-state index contributed by atoms with van der Waals surface area (Å²) in [5.41, 5.74) is 4.17. The molecule has 0 atom stereocenters. The first-order valence-corrected chi connectivity index (χ1v) is 13.9. The molecule has 0 saturated heterocycles. The van der Waals surface area contributed by atoms with Crippen LogP contribution in [0.1, 0.15) is 66.9 Å². The van der Waals surface area contributed by atoms with Gasteiger partial charge in [0.05, 0.1) is 22.5 Å². The van der Waals surface area contributed by atoms with Crippen molar-refractivity contribution in [3.05, 3.63) is 92.2 Å². The maximum absolute atomic E-state index is 14.3. The number of carbonyl (C=O) groups is 1. The van der Waals surface area contributed by atoms with Crippen LogP contribution in [-0.4, -0.2) is 15.3 Å². The molecule has 2 aromatic heterocycles. The van der Waals surface area contributed by atoms with Crippen molar-refractivity contribution >= 4 is 17.1 Å². The van der Waals surface area contributed by atoms with Crippen molar-refractivity contribution in [1.82, 2.24) is 9.55 Å². The van der Waals surface area contributed by atoms with Crippen molar-refractivity contribution in [3.63, 3.8) is 0 Å². The van der Waals surface area contributed by atoms with Gasteiger partial charge in [-0.3, -0.25) is 14.2 Å². The van der Waals surface area contributed by atoms with Crippen molar-refractivity contribution in [2.24, 2.45) is 5.41 Å². The number of carbonyl (C=O) groups excluding carboxylic acids is 1. The summed E-state index contributed by atoms with van der Waals surface area (Å²) in [5, 5.41) is 2.15. The Kier molecular flexibility index (Phi) is 6.87. The van der Waals surface area contributed by atoms with E-state index in [1.165, 1.54) is 23.5 Å². The Morgan fingerprint density at radius 2 is 1.59 bits per heavy atom. The quantitative estimate of drug-likeness (QED) is 0.254. The van der Waals surface area contributed by atoms with Crippen LogP contribution in [0.25, 0.3) is 27.5 Å². The molecule has 1 aliphatic rings. The first-order chi connectivity index (χ1) is 18.4. The van der Waals surface area contributed by atoms with E-state index in [9.17, 15) is 22.8 Å². The lowest BCUT2D eigenvalue weighted by Gasteiger charge is -2.33. The predicted octanol–water partition coefficient (Wildman–Crippen LogP) is 7.93. The van der Waals surface area contributed by atoms with E-state index in [0.717, 1.165) is 47.5 Å². The second-order valence-corrected chi connectivity index (χ2v) is 11.6. The lowest BCUT2D eigenvalue weighted by atomic mass is 9.75. The first kappa shape index (κ1) is 27.1. The number of pyridine rings is 1. The molecule has 2 aromatic carbocycles. The summed E-state index contributed by atoms with van der Waals surface area (Å²) >= 11 is 1.24. The molecule has 0 bridgehead atoms. The second kappa shape index (κ2) is 9.90. The number of benzene rings is 2. The SMILES string of the molecule is CCc1cccc(CC)c1-n1c2c(cc(-c3nc(-c4ccc(C(F)(F)F)cc4)cs3)c1=O)C(=O)CC(C)(C)C2. The van der Waals surface area contributed by atoms with Crippen LogP contribution in [0.4, 0.5) is 13.2 Å². The van der Waals surface area contributed by atoms with E-state index in [0.29, 0.717) is 40.2 Å². The average molecular weight is 551 g/mol. The maximum Gasteiger partial charge on any atom is 0.416 e. The number of nitrogens with zero attached hydrogens (tertiary/aromatic N) is 2. The fraction of sp³-hybridized carbons (Fsp3) is 0.323. The summed E-state index contributed by atoms with van der Waals surface area (Å²) in [6.45, 7) is 8.18.